The van der Waals surface area contributed by atoms with Gasteiger partial charge in [0.05, 0.1) is 22.9 Å². The van der Waals surface area contributed by atoms with E-state index in [1.54, 1.807) is 30.3 Å². The van der Waals surface area contributed by atoms with Crippen molar-refractivity contribution in [1.82, 2.24) is 4.90 Å². The summed E-state index contributed by atoms with van der Waals surface area (Å²) < 4.78 is 1.09. The lowest BCUT2D eigenvalue weighted by molar-refractivity contribution is -0.117. The normalized spacial score (nSPS) is 10.7. The first-order valence-corrected chi connectivity index (χ1v) is 11.0. The summed E-state index contributed by atoms with van der Waals surface area (Å²) in [5, 5.41) is 5.79. The van der Waals surface area contributed by atoms with Gasteiger partial charge in [0.25, 0.3) is 0 Å². The van der Waals surface area contributed by atoms with Crippen LogP contribution in [0.3, 0.4) is 0 Å². The summed E-state index contributed by atoms with van der Waals surface area (Å²) in [6.07, 6.45) is 1.94. The van der Waals surface area contributed by atoms with Crippen molar-refractivity contribution in [3.63, 3.8) is 0 Å². The molecule has 0 radical (unpaired) electrons. The van der Waals surface area contributed by atoms with Gasteiger partial charge < -0.3 is 16.4 Å². The van der Waals surface area contributed by atoms with E-state index in [0.29, 0.717) is 34.2 Å². The van der Waals surface area contributed by atoms with Gasteiger partial charge in [-0.2, -0.15) is 0 Å². The number of thiol groups is 1. The molecule has 0 unspecified atom stereocenters. The van der Waals surface area contributed by atoms with E-state index in [9.17, 15) is 14.4 Å². The molecule has 0 heterocycles. The van der Waals surface area contributed by atoms with Crippen LogP contribution in [0.5, 0.6) is 0 Å². The van der Waals surface area contributed by atoms with E-state index < -0.39 is 11.9 Å². The minimum atomic E-state index is -0.558. The van der Waals surface area contributed by atoms with Crippen LogP contribution < -0.4 is 20.7 Å². The highest BCUT2D eigenvalue weighted by molar-refractivity contribution is 7.82. The Morgan fingerprint density at radius 2 is 1.62 bits per heavy atom. The van der Waals surface area contributed by atoms with Gasteiger partial charge in [-0.15, -0.1) is 0 Å². The third-order valence-electron chi connectivity index (χ3n) is 4.53. The maximum Gasteiger partial charge on any atom is 0.336 e. The Kier molecular flexibility index (Phi) is 9.83. The number of carbonyl (C=O) groups is 3. The topological polar surface area (TPSA) is 108 Å². The zero-order valence-electron chi connectivity index (χ0n) is 18.1. The first-order chi connectivity index (χ1) is 15.2. The van der Waals surface area contributed by atoms with Crippen LogP contribution in [0.25, 0.3) is 0 Å². The first-order valence-electron chi connectivity index (χ1n) is 10.3. The average molecular weight is 478 g/mol. The molecule has 8 nitrogen and oxygen atoms in total. The number of primary amides is 1. The molecule has 0 aliphatic rings. The van der Waals surface area contributed by atoms with Gasteiger partial charge in [-0.1, -0.05) is 38.3 Å². The number of halogens is 1. The molecule has 172 valence electrons. The van der Waals surface area contributed by atoms with Crippen LogP contribution in [-0.2, 0) is 4.79 Å². The van der Waals surface area contributed by atoms with E-state index in [-0.39, 0.29) is 5.91 Å². The zero-order chi connectivity index (χ0) is 23.7. The molecule has 4 N–H and O–H groups in total. The Labute approximate surface area is 198 Å². The van der Waals surface area contributed by atoms with Crippen LogP contribution >= 0.6 is 24.4 Å². The number of amides is 4. The summed E-state index contributed by atoms with van der Waals surface area (Å²) in [6.45, 7) is 6.15. The number of nitrogens with zero attached hydrogens (tertiary/aromatic N) is 2. The quantitative estimate of drug-likeness (QED) is 0.381. The second kappa shape index (κ2) is 12.3. The van der Waals surface area contributed by atoms with Gasteiger partial charge >= 0.3 is 6.03 Å². The van der Waals surface area contributed by atoms with Crippen LogP contribution in [0.15, 0.2) is 42.5 Å². The predicted octanol–water partition coefficient (Wildman–Crippen LogP) is 4.38. The van der Waals surface area contributed by atoms with E-state index >= 15 is 0 Å². The second-order valence-corrected chi connectivity index (χ2v) is 7.98. The molecule has 0 aliphatic carbocycles. The van der Waals surface area contributed by atoms with Gasteiger partial charge in [-0.25, -0.2) is 9.10 Å². The Balaban J connectivity index is 1.99. The third-order valence-corrected chi connectivity index (χ3v) is 5.26. The van der Waals surface area contributed by atoms with Crippen molar-refractivity contribution in [3.8, 4) is 0 Å². The second-order valence-electron chi connectivity index (χ2n) is 7.17. The number of carbonyl (C=O) groups excluding carboxylic acids is 3. The van der Waals surface area contributed by atoms with Crippen LogP contribution in [0, 0.1) is 0 Å². The average Bonchev–Trinajstić information content (AvgIpc) is 2.75. The Morgan fingerprint density at radius 1 is 1.00 bits per heavy atom. The monoisotopic (exact) mass is 477 g/mol. The first kappa shape index (κ1) is 25.5. The molecule has 0 fully saturated rings. The highest BCUT2D eigenvalue weighted by Gasteiger charge is 2.15. The van der Waals surface area contributed by atoms with Crippen molar-refractivity contribution in [2.24, 2.45) is 5.73 Å². The van der Waals surface area contributed by atoms with Gasteiger partial charge in [-0.05, 0) is 68.4 Å². The summed E-state index contributed by atoms with van der Waals surface area (Å²) in [5.41, 5.74) is 6.90. The van der Waals surface area contributed by atoms with E-state index in [1.807, 2.05) is 0 Å². The number of hydrogen-bond donors (Lipinski definition) is 4. The Hall–Kier alpha value is -2.75. The fraction of sp³-hybridized carbons (Fsp3) is 0.318. The molecule has 2 rings (SSSR count). The smallest absolute Gasteiger partial charge is 0.336 e. The number of urea groups is 1. The number of rotatable bonds is 10. The summed E-state index contributed by atoms with van der Waals surface area (Å²) in [7, 11) is 0. The van der Waals surface area contributed by atoms with Gasteiger partial charge in [-0.3, -0.25) is 14.5 Å². The van der Waals surface area contributed by atoms with Crippen molar-refractivity contribution < 1.29 is 14.4 Å². The van der Waals surface area contributed by atoms with Gasteiger partial charge in [0.15, 0.2) is 0 Å². The lowest BCUT2D eigenvalue weighted by Gasteiger charge is -2.20. The molecule has 4 amide bonds. The molecule has 0 saturated carbocycles. The van der Waals surface area contributed by atoms with E-state index in [0.717, 1.165) is 30.2 Å². The molecule has 2 aromatic rings. The zero-order valence-corrected chi connectivity index (χ0v) is 19.7. The van der Waals surface area contributed by atoms with Gasteiger partial charge in [0.2, 0.25) is 11.8 Å². The molecule has 10 heteroatoms. The predicted molar refractivity (Wildman–Crippen MR) is 133 cm³/mol. The van der Waals surface area contributed by atoms with Crippen LogP contribution in [0.1, 0.15) is 37.0 Å². The molecular formula is C22H28ClN5O3S. The number of nitrogens with one attached hydrogen (secondary N) is 2. The lowest BCUT2D eigenvalue weighted by atomic mass is 10.2. The summed E-state index contributed by atoms with van der Waals surface area (Å²) in [5.74, 6) is -0.705. The Morgan fingerprint density at radius 3 is 2.16 bits per heavy atom. The molecule has 32 heavy (non-hydrogen) atoms. The van der Waals surface area contributed by atoms with Crippen molar-refractivity contribution in [2.45, 2.75) is 26.7 Å². The third kappa shape index (κ3) is 7.44. The molecule has 0 aliphatic heterocycles. The SMILES string of the molecule is CCCN(CCC)CC(=O)Nc1ccc(NC(=O)N(S)c2ccc(C(N)=O)cc2)cc1Cl. The minimum Gasteiger partial charge on any atom is -0.366 e. The van der Waals surface area contributed by atoms with E-state index in [4.69, 9.17) is 17.3 Å². The highest BCUT2D eigenvalue weighted by Crippen LogP contribution is 2.26. The van der Waals surface area contributed by atoms with Crippen molar-refractivity contribution in [1.29, 1.82) is 0 Å². The number of nitrogens with two attached hydrogens (primary N) is 1. The van der Waals surface area contributed by atoms with E-state index in [1.165, 1.54) is 12.1 Å². The molecule has 0 atom stereocenters. The molecule has 0 aromatic heterocycles. The molecule has 0 bridgehead atoms. The van der Waals surface area contributed by atoms with Crippen LogP contribution in [0.2, 0.25) is 5.02 Å². The van der Waals surface area contributed by atoms with Crippen molar-refractivity contribution >= 4 is 59.3 Å². The summed E-state index contributed by atoms with van der Waals surface area (Å²) >= 11 is 10.5. The summed E-state index contributed by atoms with van der Waals surface area (Å²) in [4.78, 5) is 38.1. The molecule has 0 saturated heterocycles. The van der Waals surface area contributed by atoms with E-state index in [2.05, 4.69) is 42.2 Å². The summed E-state index contributed by atoms with van der Waals surface area (Å²) in [6, 6.07) is 10.4. The van der Waals surface area contributed by atoms with Crippen LogP contribution in [0.4, 0.5) is 21.9 Å². The Bertz CT molecular complexity index is 949. The standard InChI is InChI=1S/C22H28ClN5O3S/c1-3-11-27(12-4-2)14-20(29)26-19-10-7-16(13-18(19)23)25-22(31)28(32)17-8-5-15(6-9-17)21(24)30/h5-10,13,32H,3-4,11-12,14H2,1-2H3,(H2,24,30)(H,25,31)(H,26,29). The molecule has 0 spiro atoms. The van der Waals surface area contributed by atoms with Gasteiger partial charge in [0.1, 0.15) is 0 Å². The molecule has 2 aromatic carbocycles. The van der Waals surface area contributed by atoms with Crippen LogP contribution in [-0.4, -0.2) is 42.4 Å². The minimum absolute atomic E-state index is 0.147. The largest absolute Gasteiger partial charge is 0.366 e. The number of hydrogen-bond acceptors (Lipinski definition) is 5. The lowest BCUT2D eigenvalue weighted by Crippen LogP contribution is -2.34. The number of anilines is 3. The van der Waals surface area contributed by atoms with Crippen molar-refractivity contribution in [2.75, 3.05) is 34.6 Å². The number of benzene rings is 2. The highest BCUT2D eigenvalue weighted by atomic mass is 35.5. The fourth-order valence-electron chi connectivity index (χ4n) is 3.05. The fourth-order valence-corrected chi connectivity index (χ4v) is 3.46. The maximum atomic E-state index is 12.5. The molecular weight excluding hydrogens is 450 g/mol. The van der Waals surface area contributed by atoms with Gasteiger partial charge in [0, 0.05) is 11.3 Å². The van der Waals surface area contributed by atoms with Crippen molar-refractivity contribution in [3.05, 3.63) is 53.1 Å². The maximum absolute atomic E-state index is 12.5.